The number of hydrogen-bond donors (Lipinski definition) is 1. The van der Waals surface area contributed by atoms with E-state index in [0.717, 1.165) is 19.6 Å². The van der Waals surface area contributed by atoms with Crippen molar-refractivity contribution in [3.63, 3.8) is 0 Å². The monoisotopic (exact) mass is 250 g/mol. The summed E-state index contributed by atoms with van der Waals surface area (Å²) in [5.74, 6) is -0.452. The molecule has 1 heterocycles. The Bertz CT molecular complexity index is 385. The molecular weight excluding hydrogens is 231 g/mol. The van der Waals surface area contributed by atoms with Crippen molar-refractivity contribution in [3.8, 4) is 0 Å². The van der Waals surface area contributed by atoms with Crippen LogP contribution < -0.4 is 5.32 Å². The summed E-state index contributed by atoms with van der Waals surface area (Å²) >= 11 is 0. The number of halogens is 1. The molecule has 1 aromatic rings. The topological polar surface area (TPSA) is 32.3 Å². The highest BCUT2D eigenvalue weighted by Gasteiger charge is 2.10. The molecule has 1 aliphatic heterocycles. The number of rotatable bonds is 4. The van der Waals surface area contributed by atoms with Crippen molar-refractivity contribution in [1.29, 1.82) is 0 Å². The van der Waals surface area contributed by atoms with Crippen LogP contribution in [0.1, 0.15) is 29.6 Å². The summed E-state index contributed by atoms with van der Waals surface area (Å²) < 4.78 is 12.7. The SMILES string of the molecule is O=C(NCCN1CCCCC1)c1ccc(F)cc1. The summed E-state index contributed by atoms with van der Waals surface area (Å²) in [5.41, 5.74) is 0.509. The van der Waals surface area contributed by atoms with E-state index in [1.807, 2.05) is 0 Å². The van der Waals surface area contributed by atoms with Gasteiger partial charge in [0.05, 0.1) is 0 Å². The average Bonchev–Trinajstić information content (AvgIpc) is 2.40. The van der Waals surface area contributed by atoms with Crippen LogP contribution in [0.4, 0.5) is 4.39 Å². The van der Waals surface area contributed by atoms with E-state index in [4.69, 9.17) is 0 Å². The van der Waals surface area contributed by atoms with E-state index < -0.39 is 0 Å². The smallest absolute Gasteiger partial charge is 0.251 e. The predicted molar refractivity (Wildman–Crippen MR) is 69.0 cm³/mol. The first-order chi connectivity index (χ1) is 8.75. The lowest BCUT2D eigenvalue weighted by molar-refractivity contribution is 0.0946. The largest absolute Gasteiger partial charge is 0.351 e. The Balaban J connectivity index is 1.72. The normalized spacial score (nSPS) is 16.5. The Morgan fingerprint density at radius 1 is 1.17 bits per heavy atom. The lowest BCUT2D eigenvalue weighted by atomic mass is 10.1. The summed E-state index contributed by atoms with van der Waals surface area (Å²) in [6.07, 6.45) is 3.83. The standard InChI is InChI=1S/C14H19FN2O/c15-13-6-4-12(5-7-13)14(18)16-8-11-17-9-2-1-3-10-17/h4-7H,1-3,8-11H2,(H,16,18). The van der Waals surface area contributed by atoms with Crippen molar-refractivity contribution in [1.82, 2.24) is 10.2 Å². The van der Waals surface area contributed by atoms with Gasteiger partial charge in [-0.3, -0.25) is 4.79 Å². The van der Waals surface area contributed by atoms with E-state index in [1.165, 1.54) is 43.5 Å². The van der Waals surface area contributed by atoms with Crippen LogP contribution in [0.25, 0.3) is 0 Å². The van der Waals surface area contributed by atoms with Gasteiger partial charge in [-0.25, -0.2) is 4.39 Å². The van der Waals surface area contributed by atoms with Crippen molar-refractivity contribution in [2.24, 2.45) is 0 Å². The third-order valence-electron chi connectivity index (χ3n) is 3.27. The van der Waals surface area contributed by atoms with Crippen LogP contribution in [-0.4, -0.2) is 37.0 Å². The zero-order valence-corrected chi connectivity index (χ0v) is 10.5. The molecule has 18 heavy (non-hydrogen) atoms. The number of amides is 1. The fourth-order valence-electron chi connectivity index (χ4n) is 2.21. The van der Waals surface area contributed by atoms with Crippen molar-refractivity contribution in [2.45, 2.75) is 19.3 Å². The number of carbonyl (C=O) groups is 1. The van der Waals surface area contributed by atoms with E-state index in [-0.39, 0.29) is 11.7 Å². The number of nitrogens with one attached hydrogen (secondary N) is 1. The Morgan fingerprint density at radius 2 is 1.83 bits per heavy atom. The van der Waals surface area contributed by atoms with E-state index >= 15 is 0 Å². The molecule has 1 amide bonds. The van der Waals surface area contributed by atoms with Gasteiger partial charge in [-0.2, -0.15) is 0 Å². The first-order valence-electron chi connectivity index (χ1n) is 6.52. The summed E-state index contributed by atoms with van der Waals surface area (Å²) in [6.45, 7) is 3.81. The summed E-state index contributed by atoms with van der Waals surface area (Å²) in [5, 5.41) is 2.86. The number of benzene rings is 1. The molecule has 1 saturated heterocycles. The molecular formula is C14H19FN2O. The summed E-state index contributed by atoms with van der Waals surface area (Å²) in [4.78, 5) is 14.1. The van der Waals surface area contributed by atoms with Crippen LogP contribution in [0.5, 0.6) is 0 Å². The van der Waals surface area contributed by atoms with Gasteiger partial charge >= 0.3 is 0 Å². The van der Waals surface area contributed by atoms with Gasteiger partial charge in [-0.15, -0.1) is 0 Å². The van der Waals surface area contributed by atoms with Gasteiger partial charge in [0.25, 0.3) is 5.91 Å². The highest BCUT2D eigenvalue weighted by atomic mass is 19.1. The Hall–Kier alpha value is -1.42. The minimum atomic E-state index is -0.320. The lowest BCUT2D eigenvalue weighted by Crippen LogP contribution is -2.37. The van der Waals surface area contributed by atoms with Crippen LogP contribution in [0.2, 0.25) is 0 Å². The average molecular weight is 250 g/mol. The van der Waals surface area contributed by atoms with Gasteiger partial charge in [0.2, 0.25) is 0 Å². The van der Waals surface area contributed by atoms with E-state index in [9.17, 15) is 9.18 Å². The molecule has 0 aliphatic carbocycles. The molecule has 0 atom stereocenters. The second-order valence-electron chi connectivity index (χ2n) is 4.67. The van der Waals surface area contributed by atoms with Crippen LogP contribution in [0.3, 0.4) is 0 Å². The van der Waals surface area contributed by atoms with E-state index in [0.29, 0.717) is 12.1 Å². The third-order valence-corrected chi connectivity index (χ3v) is 3.27. The molecule has 98 valence electrons. The minimum absolute atomic E-state index is 0.132. The van der Waals surface area contributed by atoms with Crippen LogP contribution in [0.15, 0.2) is 24.3 Å². The lowest BCUT2D eigenvalue weighted by Gasteiger charge is -2.26. The number of piperidine rings is 1. The minimum Gasteiger partial charge on any atom is -0.351 e. The molecule has 0 spiro atoms. The van der Waals surface area contributed by atoms with Crippen LogP contribution in [0, 0.1) is 5.82 Å². The fraction of sp³-hybridized carbons (Fsp3) is 0.500. The zero-order chi connectivity index (χ0) is 12.8. The van der Waals surface area contributed by atoms with Gasteiger partial charge in [0.1, 0.15) is 5.82 Å². The number of nitrogens with zero attached hydrogens (tertiary/aromatic N) is 1. The van der Waals surface area contributed by atoms with Gasteiger partial charge < -0.3 is 10.2 Å². The quantitative estimate of drug-likeness (QED) is 0.887. The molecule has 4 heteroatoms. The maximum absolute atomic E-state index is 12.7. The summed E-state index contributed by atoms with van der Waals surface area (Å²) in [6, 6.07) is 5.62. The molecule has 0 bridgehead atoms. The molecule has 1 fully saturated rings. The van der Waals surface area contributed by atoms with Crippen molar-refractivity contribution >= 4 is 5.91 Å². The van der Waals surface area contributed by atoms with Gasteiger partial charge in [-0.05, 0) is 50.2 Å². The van der Waals surface area contributed by atoms with Crippen molar-refractivity contribution in [3.05, 3.63) is 35.6 Å². The van der Waals surface area contributed by atoms with Gasteiger partial charge in [0.15, 0.2) is 0 Å². The van der Waals surface area contributed by atoms with Gasteiger partial charge in [-0.1, -0.05) is 6.42 Å². The Kier molecular flexibility index (Phi) is 4.70. The van der Waals surface area contributed by atoms with Gasteiger partial charge in [0, 0.05) is 18.7 Å². The molecule has 1 N–H and O–H groups in total. The number of likely N-dealkylation sites (tertiary alicyclic amines) is 1. The zero-order valence-electron chi connectivity index (χ0n) is 10.5. The highest BCUT2D eigenvalue weighted by molar-refractivity contribution is 5.94. The maximum atomic E-state index is 12.7. The molecule has 3 nitrogen and oxygen atoms in total. The first-order valence-corrected chi connectivity index (χ1v) is 6.52. The molecule has 0 aromatic heterocycles. The van der Waals surface area contributed by atoms with E-state index in [2.05, 4.69) is 10.2 Å². The Labute approximate surface area is 107 Å². The van der Waals surface area contributed by atoms with Crippen molar-refractivity contribution < 1.29 is 9.18 Å². The van der Waals surface area contributed by atoms with Crippen molar-refractivity contribution in [2.75, 3.05) is 26.2 Å². The molecule has 0 unspecified atom stereocenters. The molecule has 0 radical (unpaired) electrons. The maximum Gasteiger partial charge on any atom is 0.251 e. The molecule has 1 aliphatic rings. The second-order valence-corrected chi connectivity index (χ2v) is 4.67. The number of carbonyl (C=O) groups excluding carboxylic acids is 1. The number of hydrogen-bond acceptors (Lipinski definition) is 2. The highest BCUT2D eigenvalue weighted by Crippen LogP contribution is 2.07. The molecule has 2 rings (SSSR count). The second kappa shape index (κ2) is 6.50. The van der Waals surface area contributed by atoms with Crippen LogP contribution >= 0.6 is 0 Å². The fourth-order valence-corrected chi connectivity index (χ4v) is 2.21. The Morgan fingerprint density at radius 3 is 2.50 bits per heavy atom. The first kappa shape index (κ1) is 13.0. The molecule has 0 saturated carbocycles. The van der Waals surface area contributed by atoms with E-state index in [1.54, 1.807) is 0 Å². The predicted octanol–water partition coefficient (Wildman–Crippen LogP) is 2.04. The van der Waals surface area contributed by atoms with Crippen LogP contribution in [-0.2, 0) is 0 Å². The summed E-state index contributed by atoms with van der Waals surface area (Å²) in [7, 11) is 0. The molecule has 1 aromatic carbocycles. The third kappa shape index (κ3) is 3.81.